The van der Waals surface area contributed by atoms with Crippen molar-refractivity contribution >= 4 is 11.5 Å². The molecule has 4 heteroatoms. The van der Waals surface area contributed by atoms with Crippen molar-refractivity contribution in [1.82, 2.24) is 9.78 Å². The summed E-state index contributed by atoms with van der Waals surface area (Å²) < 4.78 is 1.92. The summed E-state index contributed by atoms with van der Waals surface area (Å²) >= 11 is 0. The number of Topliss-reactive ketones (excluding diaryl/α,β-unsaturated/α-hetero) is 1. The van der Waals surface area contributed by atoms with Crippen LogP contribution < -0.4 is 4.90 Å². The topological polar surface area (TPSA) is 38.1 Å². The maximum absolute atomic E-state index is 12.5. The van der Waals surface area contributed by atoms with Gasteiger partial charge in [-0.15, -0.1) is 0 Å². The minimum absolute atomic E-state index is 0.135. The fourth-order valence-electron chi connectivity index (χ4n) is 2.33. The van der Waals surface area contributed by atoms with Crippen molar-refractivity contribution in [2.24, 2.45) is 0 Å². The van der Waals surface area contributed by atoms with Gasteiger partial charge in [0.05, 0.1) is 12.1 Å². The summed E-state index contributed by atoms with van der Waals surface area (Å²) in [5, 5.41) is 4.50. The molecule has 2 rings (SSSR count). The number of hydrogen-bond donors (Lipinski definition) is 0. The van der Waals surface area contributed by atoms with Crippen LogP contribution >= 0.6 is 0 Å². The molecule has 0 aliphatic rings. The molecule has 0 aliphatic carbocycles. The van der Waals surface area contributed by atoms with E-state index in [1.165, 1.54) is 0 Å². The minimum atomic E-state index is 0.135. The summed E-state index contributed by atoms with van der Waals surface area (Å²) in [6.45, 7) is 4.92. The first-order valence-corrected chi connectivity index (χ1v) is 7.41. The van der Waals surface area contributed by atoms with Crippen LogP contribution in [0.25, 0.3) is 0 Å². The highest BCUT2D eigenvalue weighted by atomic mass is 16.1. The summed E-state index contributed by atoms with van der Waals surface area (Å²) in [5.41, 5.74) is 3.83. The fraction of sp³-hybridized carbons (Fsp3) is 0.412. The first-order valence-electron chi connectivity index (χ1n) is 7.41. The number of carbonyl (C=O) groups is 1. The van der Waals surface area contributed by atoms with E-state index >= 15 is 0 Å². The largest absolute Gasteiger partial charge is 0.378 e. The third-order valence-corrected chi connectivity index (χ3v) is 3.60. The SMILES string of the molecule is CCc1cc(CC(=O)c2cccc(N(C)C)c2)n(CC)n1. The van der Waals surface area contributed by atoms with Crippen LogP contribution in [0.1, 0.15) is 35.6 Å². The van der Waals surface area contributed by atoms with Gasteiger partial charge in [-0.25, -0.2) is 0 Å². The molecule has 0 radical (unpaired) electrons. The van der Waals surface area contributed by atoms with E-state index in [1.807, 2.05) is 60.9 Å². The van der Waals surface area contributed by atoms with Gasteiger partial charge in [0.1, 0.15) is 0 Å². The van der Waals surface area contributed by atoms with Crippen LogP contribution in [0.2, 0.25) is 0 Å². The molecule has 4 nitrogen and oxygen atoms in total. The second-order valence-corrected chi connectivity index (χ2v) is 5.34. The lowest BCUT2D eigenvalue weighted by Gasteiger charge is -2.13. The van der Waals surface area contributed by atoms with Crippen LogP contribution in [0.4, 0.5) is 5.69 Å². The van der Waals surface area contributed by atoms with E-state index in [9.17, 15) is 4.79 Å². The number of rotatable bonds is 6. The number of anilines is 1. The smallest absolute Gasteiger partial charge is 0.168 e. The van der Waals surface area contributed by atoms with Crippen molar-refractivity contribution in [3.63, 3.8) is 0 Å². The Balaban J connectivity index is 2.21. The van der Waals surface area contributed by atoms with Gasteiger partial charge in [-0.05, 0) is 31.5 Å². The van der Waals surface area contributed by atoms with E-state index in [0.717, 1.165) is 35.6 Å². The monoisotopic (exact) mass is 285 g/mol. The number of benzene rings is 1. The minimum Gasteiger partial charge on any atom is -0.378 e. The van der Waals surface area contributed by atoms with Gasteiger partial charge >= 0.3 is 0 Å². The highest BCUT2D eigenvalue weighted by Crippen LogP contribution is 2.16. The van der Waals surface area contributed by atoms with Gasteiger partial charge in [-0.1, -0.05) is 19.1 Å². The molecule has 0 fully saturated rings. The average molecular weight is 285 g/mol. The van der Waals surface area contributed by atoms with Crippen molar-refractivity contribution in [1.29, 1.82) is 0 Å². The van der Waals surface area contributed by atoms with E-state index in [0.29, 0.717) is 6.42 Å². The average Bonchev–Trinajstić information content (AvgIpc) is 2.89. The lowest BCUT2D eigenvalue weighted by molar-refractivity contribution is 0.0990. The molecule has 0 atom stereocenters. The Morgan fingerprint density at radius 3 is 2.62 bits per heavy atom. The van der Waals surface area contributed by atoms with Crippen LogP contribution in [-0.2, 0) is 19.4 Å². The predicted octanol–water partition coefficient (Wildman–Crippen LogP) is 2.96. The van der Waals surface area contributed by atoms with Crippen molar-refractivity contribution in [3.8, 4) is 0 Å². The lowest BCUT2D eigenvalue weighted by atomic mass is 10.1. The van der Waals surface area contributed by atoms with Gasteiger partial charge in [0.25, 0.3) is 0 Å². The maximum Gasteiger partial charge on any atom is 0.168 e. The first-order chi connectivity index (χ1) is 10.0. The standard InChI is InChI=1S/C17H23N3O/c1-5-14-11-16(20(6-2)18-14)12-17(21)13-8-7-9-15(10-13)19(3)4/h7-11H,5-6,12H2,1-4H3. The third kappa shape index (κ3) is 3.51. The maximum atomic E-state index is 12.5. The van der Waals surface area contributed by atoms with Gasteiger partial charge in [0.15, 0.2) is 5.78 Å². The van der Waals surface area contributed by atoms with Gasteiger partial charge in [0, 0.05) is 37.6 Å². The molecule has 2 aromatic rings. The van der Waals surface area contributed by atoms with Crippen molar-refractivity contribution in [2.75, 3.05) is 19.0 Å². The Labute approximate surface area is 126 Å². The number of carbonyl (C=O) groups excluding carboxylic acids is 1. The zero-order valence-corrected chi connectivity index (χ0v) is 13.3. The highest BCUT2D eigenvalue weighted by Gasteiger charge is 2.13. The van der Waals surface area contributed by atoms with Gasteiger partial charge < -0.3 is 4.90 Å². The normalized spacial score (nSPS) is 10.7. The van der Waals surface area contributed by atoms with Crippen LogP contribution in [0.5, 0.6) is 0 Å². The van der Waals surface area contributed by atoms with Crippen LogP contribution in [0, 0.1) is 0 Å². The Morgan fingerprint density at radius 2 is 2.00 bits per heavy atom. The number of aromatic nitrogens is 2. The molecule has 21 heavy (non-hydrogen) atoms. The molecule has 0 N–H and O–H groups in total. The summed E-state index contributed by atoms with van der Waals surface area (Å²) in [6, 6.07) is 9.79. The molecule has 112 valence electrons. The molecule has 0 aliphatic heterocycles. The van der Waals surface area contributed by atoms with E-state index < -0.39 is 0 Å². The lowest BCUT2D eigenvalue weighted by Crippen LogP contribution is -2.12. The summed E-state index contributed by atoms with van der Waals surface area (Å²) in [5.74, 6) is 0.135. The second kappa shape index (κ2) is 6.57. The zero-order chi connectivity index (χ0) is 15.4. The number of aryl methyl sites for hydroxylation is 2. The quantitative estimate of drug-likeness (QED) is 0.766. The molecule has 1 heterocycles. The van der Waals surface area contributed by atoms with E-state index in [1.54, 1.807) is 0 Å². The Bertz CT molecular complexity index is 629. The first kappa shape index (κ1) is 15.3. The Morgan fingerprint density at radius 1 is 1.24 bits per heavy atom. The number of hydrogen-bond acceptors (Lipinski definition) is 3. The van der Waals surface area contributed by atoms with Crippen molar-refractivity contribution in [2.45, 2.75) is 33.2 Å². The van der Waals surface area contributed by atoms with Crippen molar-refractivity contribution < 1.29 is 4.79 Å². The van der Waals surface area contributed by atoms with E-state index in [-0.39, 0.29) is 5.78 Å². The van der Waals surface area contributed by atoms with Gasteiger partial charge in [0.2, 0.25) is 0 Å². The molecule has 0 saturated heterocycles. The summed E-state index contributed by atoms with van der Waals surface area (Å²) in [7, 11) is 3.95. The van der Waals surface area contributed by atoms with Crippen LogP contribution in [-0.4, -0.2) is 29.7 Å². The fourth-order valence-corrected chi connectivity index (χ4v) is 2.33. The Hall–Kier alpha value is -2.10. The number of nitrogens with zero attached hydrogens (tertiary/aromatic N) is 3. The Kier molecular flexibility index (Phi) is 4.78. The van der Waals surface area contributed by atoms with Gasteiger partial charge in [-0.3, -0.25) is 9.48 Å². The van der Waals surface area contributed by atoms with Crippen LogP contribution in [0.15, 0.2) is 30.3 Å². The summed E-state index contributed by atoms with van der Waals surface area (Å²) in [4.78, 5) is 14.5. The molecular weight excluding hydrogens is 262 g/mol. The molecule has 0 amide bonds. The number of ketones is 1. The second-order valence-electron chi connectivity index (χ2n) is 5.34. The molecule has 1 aromatic carbocycles. The molecule has 0 spiro atoms. The molecule has 0 saturated carbocycles. The molecule has 1 aromatic heterocycles. The zero-order valence-electron chi connectivity index (χ0n) is 13.3. The van der Waals surface area contributed by atoms with E-state index in [2.05, 4.69) is 12.0 Å². The molecular formula is C17H23N3O. The van der Waals surface area contributed by atoms with Gasteiger partial charge in [-0.2, -0.15) is 5.10 Å². The van der Waals surface area contributed by atoms with Crippen molar-refractivity contribution in [3.05, 3.63) is 47.3 Å². The predicted molar refractivity (Wildman–Crippen MR) is 86.1 cm³/mol. The highest BCUT2D eigenvalue weighted by molar-refractivity contribution is 5.98. The summed E-state index contributed by atoms with van der Waals surface area (Å²) in [6.07, 6.45) is 1.29. The molecule has 0 unspecified atom stereocenters. The van der Waals surface area contributed by atoms with Crippen LogP contribution in [0.3, 0.4) is 0 Å². The third-order valence-electron chi connectivity index (χ3n) is 3.60. The van der Waals surface area contributed by atoms with E-state index in [4.69, 9.17) is 0 Å². The molecule has 0 bridgehead atoms.